The second-order valence-electron chi connectivity index (χ2n) is 5.99. The van der Waals surface area contributed by atoms with Crippen LogP contribution < -0.4 is 0 Å². The van der Waals surface area contributed by atoms with Gasteiger partial charge in [-0.1, -0.05) is 60.7 Å². The molecule has 2 fully saturated rings. The molecule has 0 aliphatic carbocycles. The number of ether oxygens (including phenoxy) is 4. The molecule has 126 valence electrons. The lowest BCUT2D eigenvalue weighted by Crippen LogP contribution is -2.40. The number of hydrogen-bond donors (Lipinski definition) is 1. The summed E-state index contributed by atoms with van der Waals surface area (Å²) >= 11 is 0. The zero-order chi connectivity index (χ0) is 16.4. The summed E-state index contributed by atoms with van der Waals surface area (Å²) in [5.41, 5.74) is 1.89. The van der Waals surface area contributed by atoms with Crippen molar-refractivity contribution in [3.8, 4) is 0 Å². The van der Waals surface area contributed by atoms with Crippen LogP contribution in [0.25, 0.3) is 0 Å². The van der Waals surface area contributed by atoms with E-state index in [1.807, 2.05) is 60.7 Å². The van der Waals surface area contributed by atoms with Crippen molar-refractivity contribution in [2.24, 2.45) is 0 Å². The number of rotatable bonds is 4. The molecule has 5 heteroatoms. The molecule has 1 N–H and O–H groups in total. The van der Waals surface area contributed by atoms with Gasteiger partial charge in [-0.15, -0.1) is 0 Å². The minimum Gasteiger partial charge on any atom is -0.388 e. The quantitative estimate of drug-likeness (QED) is 0.935. The molecule has 0 spiro atoms. The van der Waals surface area contributed by atoms with Gasteiger partial charge in [-0.3, -0.25) is 0 Å². The Bertz CT molecular complexity index is 590. The van der Waals surface area contributed by atoms with Gasteiger partial charge in [0.2, 0.25) is 0 Å². The first kappa shape index (κ1) is 15.7. The van der Waals surface area contributed by atoms with Crippen LogP contribution in [0.2, 0.25) is 0 Å². The van der Waals surface area contributed by atoms with Gasteiger partial charge in [0.1, 0.15) is 18.3 Å². The molecule has 2 aliphatic rings. The Labute approximate surface area is 140 Å². The third-order valence-corrected chi connectivity index (χ3v) is 4.33. The predicted octanol–water partition coefficient (Wildman–Crippen LogP) is 2.58. The first-order chi connectivity index (χ1) is 11.8. The normalized spacial score (nSPS) is 31.2. The van der Waals surface area contributed by atoms with Crippen LogP contribution in [-0.2, 0) is 18.9 Å². The molecule has 2 heterocycles. The van der Waals surface area contributed by atoms with Crippen LogP contribution in [-0.4, -0.2) is 36.6 Å². The zero-order valence-electron chi connectivity index (χ0n) is 13.2. The molecular weight excluding hydrogens is 308 g/mol. The van der Waals surface area contributed by atoms with Crippen molar-refractivity contribution in [2.75, 3.05) is 13.2 Å². The van der Waals surface area contributed by atoms with Crippen LogP contribution in [0.5, 0.6) is 0 Å². The Hall–Kier alpha value is -1.76. The fourth-order valence-electron chi connectivity index (χ4n) is 3.01. The van der Waals surface area contributed by atoms with Gasteiger partial charge in [0.25, 0.3) is 0 Å². The highest BCUT2D eigenvalue weighted by Gasteiger charge is 2.41. The molecule has 2 aromatic rings. The Morgan fingerprint density at radius 3 is 1.54 bits per heavy atom. The lowest BCUT2D eigenvalue weighted by atomic mass is 10.1. The SMILES string of the molecule is OC([C@@H]1COC(c2ccccc2)O1)[C@H]1COC(c2ccccc2)O1. The van der Waals surface area contributed by atoms with Crippen LogP contribution in [0, 0.1) is 0 Å². The van der Waals surface area contributed by atoms with E-state index in [4.69, 9.17) is 18.9 Å². The van der Waals surface area contributed by atoms with E-state index in [1.54, 1.807) is 0 Å². The van der Waals surface area contributed by atoms with E-state index < -0.39 is 30.9 Å². The lowest BCUT2D eigenvalue weighted by Gasteiger charge is -2.22. The van der Waals surface area contributed by atoms with Crippen molar-refractivity contribution in [2.45, 2.75) is 30.9 Å². The van der Waals surface area contributed by atoms with Gasteiger partial charge in [0.15, 0.2) is 12.6 Å². The van der Waals surface area contributed by atoms with Gasteiger partial charge in [-0.05, 0) is 0 Å². The van der Waals surface area contributed by atoms with E-state index in [0.717, 1.165) is 11.1 Å². The molecular formula is C19H20O5. The summed E-state index contributed by atoms with van der Waals surface area (Å²) in [6.07, 6.45) is -2.56. The van der Waals surface area contributed by atoms with Crippen LogP contribution in [0.3, 0.4) is 0 Å². The van der Waals surface area contributed by atoms with Gasteiger partial charge in [0.05, 0.1) is 13.2 Å². The highest BCUT2D eigenvalue weighted by molar-refractivity contribution is 5.17. The highest BCUT2D eigenvalue weighted by atomic mass is 16.7. The average molecular weight is 328 g/mol. The fraction of sp³-hybridized carbons (Fsp3) is 0.368. The molecule has 5 nitrogen and oxygen atoms in total. The van der Waals surface area contributed by atoms with Crippen LogP contribution in [0.1, 0.15) is 23.7 Å². The fourth-order valence-corrected chi connectivity index (χ4v) is 3.01. The minimum absolute atomic E-state index is 0.330. The lowest BCUT2D eigenvalue weighted by molar-refractivity contribution is -0.125. The monoisotopic (exact) mass is 328 g/mol. The van der Waals surface area contributed by atoms with Gasteiger partial charge in [-0.25, -0.2) is 0 Å². The van der Waals surface area contributed by atoms with Crippen molar-refractivity contribution >= 4 is 0 Å². The maximum atomic E-state index is 10.6. The molecule has 0 aromatic heterocycles. The zero-order valence-corrected chi connectivity index (χ0v) is 13.2. The topological polar surface area (TPSA) is 57.2 Å². The molecule has 2 saturated heterocycles. The second-order valence-corrected chi connectivity index (χ2v) is 5.99. The van der Waals surface area contributed by atoms with E-state index in [2.05, 4.69) is 0 Å². The first-order valence-electron chi connectivity index (χ1n) is 8.13. The predicted molar refractivity (Wildman–Crippen MR) is 86.0 cm³/mol. The molecule has 0 amide bonds. The molecule has 0 radical (unpaired) electrons. The summed E-state index contributed by atoms with van der Waals surface area (Å²) < 4.78 is 23.0. The van der Waals surface area contributed by atoms with E-state index in [0.29, 0.717) is 13.2 Å². The average Bonchev–Trinajstić information content (AvgIpc) is 3.33. The number of benzene rings is 2. The van der Waals surface area contributed by atoms with Gasteiger partial charge in [-0.2, -0.15) is 0 Å². The van der Waals surface area contributed by atoms with Crippen LogP contribution in [0.4, 0.5) is 0 Å². The summed E-state index contributed by atoms with van der Waals surface area (Å²) in [6.45, 7) is 0.660. The van der Waals surface area contributed by atoms with Crippen molar-refractivity contribution < 1.29 is 24.1 Å². The molecule has 0 bridgehead atoms. The molecule has 4 rings (SSSR count). The smallest absolute Gasteiger partial charge is 0.184 e. The van der Waals surface area contributed by atoms with Gasteiger partial charge >= 0.3 is 0 Å². The van der Waals surface area contributed by atoms with Crippen molar-refractivity contribution in [1.29, 1.82) is 0 Å². The van der Waals surface area contributed by atoms with Gasteiger partial charge < -0.3 is 24.1 Å². The Morgan fingerprint density at radius 1 is 0.708 bits per heavy atom. The van der Waals surface area contributed by atoms with Gasteiger partial charge in [0, 0.05) is 11.1 Å². The second kappa shape index (κ2) is 7.01. The third-order valence-electron chi connectivity index (χ3n) is 4.33. The summed E-state index contributed by atoms with van der Waals surface area (Å²) in [5.74, 6) is 0. The summed E-state index contributed by atoms with van der Waals surface area (Å²) in [5, 5.41) is 10.6. The molecule has 3 unspecified atom stereocenters. The highest BCUT2D eigenvalue weighted by Crippen LogP contribution is 2.33. The Balaban J connectivity index is 1.36. The minimum atomic E-state index is -0.799. The third kappa shape index (κ3) is 3.22. The maximum Gasteiger partial charge on any atom is 0.184 e. The molecule has 5 atom stereocenters. The van der Waals surface area contributed by atoms with E-state index in [9.17, 15) is 5.11 Å². The van der Waals surface area contributed by atoms with E-state index in [1.165, 1.54) is 0 Å². The van der Waals surface area contributed by atoms with E-state index in [-0.39, 0.29) is 0 Å². The molecule has 2 aromatic carbocycles. The van der Waals surface area contributed by atoms with Crippen molar-refractivity contribution in [3.63, 3.8) is 0 Å². The summed E-state index contributed by atoms with van der Waals surface area (Å²) in [6, 6.07) is 19.4. The van der Waals surface area contributed by atoms with E-state index >= 15 is 0 Å². The van der Waals surface area contributed by atoms with Crippen molar-refractivity contribution in [3.05, 3.63) is 71.8 Å². The van der Waals surface area contributed by atoms with Crippen molar-refractivity contribution in [1.82, 2.24) is 0 Å². The Kier molecular flexibility index (Phi) is 4.60. The number of aliphatic hydroxyl groups is 1. The number of aliphatic hydroxyl groups excluding tert-OH is 1. The standard InChI is InChI=1S/C19H20O5/c20-17(15-11-21-18(23-15)13-7-3-1-4-8-13)16-12-22-19(24-16)14-9-5-2-6-10-14/h1-10,15-20H,11-12H2/t15-,16+,17?,18?,19?. The number of hydrogen-bond acceptors (Lipinski definition) is 5. The van der Waals surface area contributed by atoms with Crippen LogP contribution >= 0.6 is 0 Å². The summed E-state index contributed by atoms with van der Waals surface area (Å²) in [7, 11) is 0. The molecule has 2 aliphatic heterocycles. The van der Waals surface area contributed by atoms with Crippen LogP contribution in [0.15, 0.2) is 60.7 Å². The maximum absolute atomic E-state index is 10.6. The molecule has 24 heavy (non-hydrogen) atoms. The molecule has 0 saturated carbocycles. The largest absolute Gasteiger partial charge is 0.388 e. The first-order valence-corrected chi connectivity index (χ1v) is 8.13. The summed E-state index contributed by atoms with van der Waals surface area (Å²) in [4.78, 5) is 0. The Morgan fingerprint density at radius 2 is 1.12 bits per heavy atom.